The molecule has 1 aromatic heterocycles. The zero-order valence-corrected chi connectivity index (χ0v) is 12.7. The van der Waals surface area contributed by atoms with Crippen molar-refractivity contribution in [3.8, 4) is 0 Å². The molecule has 0 spiro atoms. The molecular formula is C16H20FNS. The van der Waals surface area contributed by atoms with Gasteiger partial charge in [0.1, 0.15) is 5.82 Å². The molecule has 1 heterocycles. The Hall–Kier alpha value is -1.19. The van der Waals surface area contributed by atoms with Crippen LogP contribution in [0.1, 0.15) is 40.1 Å². The van der Waals surface area contributed by atoms with Gasteiger partial charge in [-0.25, -0.2) is 4.39 Å². The van der Waals surface area contributed by atoms with Crippen molar-refractivity contribution in [2.24, 2.45) is 0 Å². The maximum atomic E-state index is 13.6. The standard InChI is InChI=1S/C16H20FNS/c1-10-5-6-19-16(10)13(4)18-9-14-7-11(2)15(17)12(3)8-14/h5-8,13,18H,9H2,1-4H3. The summed E-state index contributed by atoms with van der Waals surface area (Å²) >= 11 is 1.78. The number of hydrogen-bond donors (Lipinski definition) is 1. The van der Waals surface area contributed by atoms with Crippen molar-refractivity contribution in [3.63, 3.8) is 0 Å². The normalized spacial score (nSPS) is 12.7. The van der Waals surface area contributed by atoms with Gasteiger partial charge in [0.15, 0.2) is 0 Å². The highest BCUT2D eigenvalue weighted by Crippen LogP contribution is 2.24. The molecule has 1 atom stereocenters. The van der Waals surface area contributed by atoms with Crippen LogP contribution in [0, 0.1) is 26.6 Å². The highest BCUT2D eigenvalue weighted by molar-refractivity contribution is 7.10. The maximum absolute atomic E-state index is 13.6. The lowest BCUT2D eigenvalue weighted by atomic mass is 10.1. The number of nitrogens with one attached hydrogen (secondary N) is 1. The first-order valence-corrected chi connectivity index (χ1v) is 7.40. The molecule has 3 heteroatoms. The van der Waals surface area contributed by atoms with Crippen LogP contribution < -0.4 is 5.32 Å². The summed E-state index contributed by atoms with van der Waals surface area (Å²) in [5.41, 5.74) is 3.91. The minimum atomic E-state index is -0.0918. The van der Waals surface area contributed by atoms with E-state index >= 15 is 0 Å². The zero-order valence-electron chi connectivity index (χ0n) is 11.9. The number of benzene rings is 1. The predicted octanol–water partition coefficient (Wildman–Crippen LogP) is 4.66. The van der Waals surface area contributed by atoms with Gasteiger partial charge in [-0.05, 0) is 61.4 Å². The summed E-state index contributed by atoms with van der Waals surface area (Å²) < 4.78 is 13.6. The van der Waals surface area contributed by atoms with Gasteiger partial charge in [0, 0.05) is 17.5 Å². The zero-order chi connectivity index (χ0) is 14.0. The van der Waals surface area contributed by atoms with E-state index in [2.05, 4.69) is 30.6 Å². The van der Waals surface area contributed by atoms with E-state index in [-0.39, 0.29) is 5.82 Å². The Morgan fingerprint density at radius 1 is 1.16 bits per heavy atom. The Morgan fingerprint density at radius 3 is 2.32 bits per heavy atom. The number of rotatable bonds is 4. The summed E-state index contributed by atoms with van der Waals surface area (Å²) in [6.45, 7) is 8.70. The SMILES string of the molecule is Cc1ccsc1C(C)NCc1cc(C)c(F)c(C)c1. The molecule has 0 saturated heterocycles. The monoisotopic (exact) mass is 277 g/mol. The number of aryl methyl sites for hydroxylation is 3. The molecule has 0 aliphatic carbocycles. The van der Waals surface area contributed by atoms with E-state index in [1.165, 1.54) is 10.4 Å². The van der Waals surface area contributed by atoms with E-state index in [0.717, 1.165) is 23.2 Å². The highest BCUT2D eigenvalue weighted by Gasteiger charge is 2.10. The molecule has 0 radical (unpaired) electrons. The van der Waals surface area contributed by atoms with Crippen molar-refractivity contribution in [2.45, 2.75) is 40.3 Å². The van der Waals surface area contributed by atoms with Crippen LogP contribution in [-0.2, 0) is 6.54 Å². The molecule has 0 amide bonds. The van der Waals surface area contributed by atoms with E-state index < -0.39 is 0 Å². The van der Waals surface area contributed by atoms with Crippen LogP contribution in [0.4, 0.5) is 4.39 Å². The van der Waals surface area contributed by atoms with Gasteiger partial charge in [-0.15, -0.1) is 11.3 Å². The second-order valence-corrected chi connectivity index (χ2v) is 6.06. The first-order valence-electron chi connectivity index (χ1n) is 6.52. The average Bonchev–Trinajstić information content (AvgIpc) is 2.79. The van der Waals surface area contributed by atoms with E-state index in [0.29, 0.717) is 6.04 Å². The summed E-state index contributed by atoms with van der Waals surface area (Å²) in [5, 5.41) is 5.62. The Morgan fingerprint density at radius 2 is 1.79 bits per heavy atom. The predicted molar refractivity (Wildman–Crippen MR) is 80.2 cm³/mol. The lowest BCUT2D eigenvalue weighted by molar-refractivity contribution is 0.575. The van der Waals surface area contributed by atoms with Crippen molar-refractivity contribution in [3.05, 3.63) is 56.5 Å². The fourth-order valence-corrected chi connectivity index (χ4v) is 3.29. The first-order chi connectivity index (χ1) is 8.99. The largest absolute Gasteiger partial charge is 0.305 e. The van der Waals surface area contributed by atoms with E-state index in [1.54, 1.807) is 11.3 Å². The third-order valence-electron chi connectivity index (χ3n) is 3.40. The van der Waals surface area contributed by atoms with Crippen LogP contribution in [0.5, 0.6) is 0 Å². The average molecular weight is 277 g/mol. The lowest BCUT2D eigenvalue weighted by Crippen LogP contribution is -2.18. The quantitative estimate of drug-likeness (QED) is 0.856. The van der Waals surface area contributed by atoms with Gasteiger partial charge in [0.25, 0.3) is 0 Å². The van der Waals surface area contributed by atoms with Gasteiger partial charge in [0.05, 0.1) is 0 Å². The summed E-state index contributed by atoms with van der Waals surface area (Å²) in [7, 11) is 0. The van der Waals surface area contributed by atoms with Crippen LogP contribution in [-0.4, -0.2) is 0 Å². The minimum absolute atomic E-state index is 0.0918. The second-order valence-electron chi connectivity index (χ2n) is 5.11. The van der Waals surface area contributed by atoms with Crippen LogP contribution >= 0.6 is 11.3 Å². The fraction of sp³-hybridized carbons (Fsp3) is 0.375. The molecule has 1 aromatic carbocycles. The molecule has 102 valence electrons. The molecule has 19 heavy (non-hydrogen) atoms. The van der Waals surface area contributed by atoms with Crippen LogP contribution in [0.3, 0.4) is 0 Å². The van der Waals surface area contributed by atoms with Gasteiger partial charge < -0.3 is 5.32 Å². The molecule has 2 aromatic rings. The van der Waals surface area contributed by atoms with Crippen LogP contribution in [0.25, 0.3) is 0 Å². The van der Waals surface area contributed by atoms with Gasteiger partial charge in [-0.2, -0.15) is 0 Å². The van der Waals surface area contributed by atoms with Gasteiger partial charge in [-0.1, -0.05) is 12.1 Å². The molecule has 1 N–H and O–H groups in total. The Bertz CT molecular complexity index is 551. The molecule has 0 bridgehead atoms. The topological polar surface area (TPSA) is 12.0 Å². The Kier molecular flexibility index (Phi) is 4.38. The number of halogens is 1. The Balaban J connectivity index is 2.05. The van der Waals surface area contributed by atoms with E-state index in [1.807, 2.05) is 26.0 Å². The van der Waals surface area contributed by atoms with Crippen molar-refractivity contribution < 1.29 is 4.39 Å². The third-order valence-corrected chi connectivity index (χ3v) is 4.61. The molecule has 0 saturated carbocycles. The van der Waals surface area contributed by atoms with Crippen molar-refractivity contribution in [1.29, 1.82) is 0 Å². The van der Waals surface area contributed by atoms with Crippen molar-refractivity contribution in [2.75, 3.05) is 0 Å². The summed E-state index contributed by atoms with van der Waals surface area (Å²) in [4.78, 5) is 1.37. The molecule has 0 aliphatic heterocycles. The minimum Gasteiger partial charge on any atom is -0.305 e. The Labute approximate surface area is 118 Å². The maximum Gasteiger partial charge on any atom is 0.129 e. The summed E-state index contributed by atoms with van der Waals surface area (Å²) in [5.74, 6) is -0.0918. The van der Waals surface area contributed by atoms with Crippen molar-refractivity contribution >= 4 is 11.3 Å². The molecule has 2 rings (SSSR count). The van der Waals surface area contributed by atoms with Gasteiger partial charge >= 0.3 is 0 Å². The fourth-order valence-electron chi connectivity index (χ4n) is 2.33. The van der Waals surface area contributed by atoms with Gasteiger partial charge in [0.2, 0.25) is 0 Å². The first kappa shape index (κ1) is 14.2. The summed E-state index contributed by atoms with van der Waals surface area (Å²) in [6.07, 6.45) is 0. The highest BCUT2D eigenvalue weighted by atomic mass is 32.1. The lowest BCUT2D eigenvalue weighted by Gasteiger charge is -2.14. The van der Waals surface area contributed by atoms with Crippen LogP contribution in [0.15, 0.2) is 23.6 Å². The van der Waals surface area contributed by atoms with Crippen molar-refractivity contribution in [1.82, 2.24) is 5.32 Å². The molecule has 0 fully saturated rings. The number of thiophene rings is 1. The molecule has 1 unspecified atom stereocenters. The van der Waals surface area contributed by atoms with E-state index in [9.17, 15) is 4.39 Å². The molecule has 0 aliphatic rings. The smallest absolute Gasteiger partial charge is 0.129 e. The second kappa shape index (κ2) is 5.85. The summed E-state index contributed by atoms with van der Waals surface area (Å²) in [6, 6.07) is 6.31. The molecular weight excluding hydrogens is 257 g/mol. The van der Waals surface area contributed by atoms with Crippen LogP contribution in [0.2, 0.25) is 0 Å². The van der Waals surface area contributed by atoms with E-state index in [4.69, 9.17) is 0 Å². The van der Waals surface area contributed by atoms with Gasteiger partial charge in [-0.3, -0.25) is 0 Å². The molecule has 1 nitrogen and oxygen atoms in total. The third kappa shape index (κ3) is 3.23. The number of hydrogen-bond acceptors (Lipinski definition) is 2.